The third kappa shape index (κ3) is 2.07. The number of aliphatic hydroxyl groups excluding tert-OH is 1. The van der Waals surface area contributed by atoms with E-state index in [0.717, 1.165) is 16.8 Å². The Bertz CT molecular complexity index is 628. The van der Waals surface area contributed by atoms with E-state index in [1.807, 2.05) is 11.1 Å². The number of rotatable bonds is 3. The molecule has 102 valence electrons. The molecule has 19 heavy (non-hydrogen) atoms. The molecule has 1 aromatic rings. The van der Waals surface area contributed by atoms with Crippen LogP contribution in [0.4, 0.5) is 4.39 Å². The monoisotopic (exact) mass is 269 g/mol. The molecule has 0 unspecified atom stereocenters. The lowest BCUT2D eigenvalue weighted by atomic mass is 10.0. The lowest BCUT2D eigenvalue weighted by Crippen LogP contribution is -2.46. The van der Waals surface area contributed by atoms with Crippen molar-refractivity contribution in [3.05, 3.63) is 33.1 Å². The van der Waals surface area contributed by atoms with Crippen molar-refractivity contribution in [2.24, 2.45) is 0 Å². The molecule has 8 heteroatoms. The Kier molecular flexibility index (Phi) is 3.26. The summed E-state index contributed by atoms with van der Waals surface area (Å²) in [6.07, 6.45) is 1.26. The maximum atomic E-state index is 13.0. The number of aromatic amines is 1. The summed E-state index contributed by atoms with van der Waals surface area (Å²) in [5.74, 6) is 0. The number of nitrogens with zero attached hydrogens (tertiary/aromatic N) is 2. The molecule has 0 aliphatic carbocycles. The van der Waals surface area contributed by atoms with Gasteiger partial charge >= 0.3 is 5.69 Å². The second-order valence-electron chi connectivity index (χ2n) is 4.45. The third-order valence-electron chi connectivity index (χ3n) is 3.22. The summed E-state index contributed by atoms with van der Waals surface area (Å²) in [5, 5.41) is 18.4. The van der Waals surface area contributed by atoms with Crippen LogP contribution in [0.3, 0.4) is 0 Å². The minimum absolute atomic E-state index is 0.0416. The first-order valence-corrected chi connectivity index (χ1v) is 5.62. The Balaban J connectivity index is 2.50. The molecule has 0 bridgehead atoms. The van der Waals surface area contributed by atoms with E-state index >= 15 is 0 Å². The molecule has 2 heterocycles. The molecule has 2 atom stereocenters. The van der Waals surface area contributed by atoms with Gasteiger partial charge in [-0.25, -0.2) is 9.18 Å². The average molecular weight is 269 g/mol. The van der Waals surface area contributed by atoms with Crippen molar-refractivity contribution in [2.75, 3.05) is 13.3 Å². The minimum Gasteiger partial charge on any atom is -0.393 e. The van der Waals surface area contributed by atoms with Gasteiger partial charge in [-0.1, -0.05) is 0 Å². The van der Waals surface area contributed by atoms with Crippen LogP contribution < -0.4 is 11.2 Å². The largest absolute Gasteiger partial charge is 0.393 e. The zero-order valence-electron chi connectivity index (χ0n) is 9.93. The quantitative estimate of drug-likeness (QED) is 0.748. The van der Waals surface area contributed by atoms with E-state index in [-0.39, 0.29) is 12.8 Å². The molecule has 0 amide bonds. The van der Waals surface area contributed by atoms with E-state index in [9.17, 15) is 24.3 Å². The van der Waals surface area contributed by atoms with Crippen molar-refractivity contribution < 1.29 is 14.2 Å². The highest BCUT2D eigenvalue weighted by atomic mass is 19.1. The van der Waals surface area contributed by atoms with Crippen molar-refractivity contribution in [2.45, 2.75) is 24.2 Å². The Labute approximate surface area is 106 Å². The van der Waals surface area contributed by atoms with Crippen LogP contribution in [0.2, 0.25) is 0 Å². The van der Waals surface area contributed by atoms with Crippen molar-refractivity contribution in [1.82, 2.24) is 9.55 Å². The van der Waals surface area contributed by atoms with Crippen LogP contribution >= 0.6 is 0 Å². The normalized spacial score (nSPS) is 30.2. The molecule has 2 N–H and O–H groups in total. The number of hydrogen-bond donors (Lipinski definition) is 2. The van der Waals surface area contributed by atoms with Crippen LogP contribution in [0.5, 0.6) is 0 Å². The van der Waals surface area contributed by atoms with Crippen LogP contribution in [0.25, 0.3) is 0 Å². The number of ether oxygens (including phenoxy) is 1. The average Bonchev–Trinajstić information content (AvgIpc) is 2.80. The first-order valence-electron chi connectivity index (χ1n) is 5.62. The Morgan fingerprint density at radius 2 is 2.32 bits per heavy atom. The van der Waals surface area contributed by atoms with Crippen molar-refractivity contribution >= 4 is 0 Å². The van der Waals surface area contributed by atoms with Crippen molar-refractivity contribution in [3.8, 4) is 6.07 Å². The van der Waals surface area contributed by atoms with E-state index in [1.165, 1.54) is 0 Å². The number of hydrogen-bond acceptors (Lipinski definition) is 5. The zero-order valence-corrected chi connectivity index (χ0v) is 9.93. The fraction of sp³-hybridized carbons (Fsp3) is 0.545. The van der Waals surface area contributed by atoms with Crippen LogP contribution in [0.1, 0.15) is 12.8 Å². The predicted molar refractivity (Wildman–Crippen MR) is 61.0 cm³/mol. The lowest BCUT2D eigenvalue weighted by Gasteiger charge is -2.28. The van der Waals surface area contributed by atoms with Gasteiger partial charge in [-0.05, 0) is 6.42 Å². The molecular weight excluding hydrogens is 257 g/mol. The number of H-pyrrole nitrogens is 1. The molecule has 0 radical (unpaired) electrons. The number of nitrogens with one attached hydrogen (secondary N) is 1. The fourth-order valence-corrected chi connectivity index (χ4v) is 2.11. The number of nitriles is 1. The SMILES string of the molecule is N#C[C@]1(n2ccc(=O)[nH]c2=O)CC[C@](CO)(CF)O1. The highest BCUT2D eigenvalue weighted by Gasteiger charge is 2.51. The third-order valence-corrected chi connectivity index (χ3v) is 3.22. The second kappa shape index (κ2) is 4.60. The van der Waals surface area contributed by atoms with Crippen molar-refractivity contribution in [3.63, 3.8) is 0 Å². The number of aliphatic hydroxyl groups is 1. The summed E-state index contributed by atoms with van der Waals surface area (Å²) in [6.45, 7) is -1.56. The van der Waals surface area contributed by atoms with Gasteiger partial charge in [0.1, 0.15) is 18.3 Å². The topological polar surface area (TPSA) is 108 Å². The van der Waals surface area contributed by atoms with Gasteiger partial charge in [0.25, 0.3) is 5.56 Å². The highest BCUT2D eigenvalue weighted by molar-refractivity contribution is 5.08. The van der Waals surface area contributed by atoms with E-state index in [2.05, 4.69) is 0 Å². The molecule has 2 rings (SSSR count). The molecule has 1 aromatic heterocycles. The minimum atomic E-state index is -1.71. The van der Waals surface area contributed by atoms with Gasteiger partial charge in [0.15, 0.2) is 0 Å². The highest BCUT2D eigenvalue weighted by Crippen LogP contribution is 2.40. The molecule has 0 saturated carbocycles. The van der Waals surface area contributed by atoms with Gasteiger partial charge in [-0.15, -0.1) is 0 Å². The molecule has 1 aliphatic heterocycles. The molecule has 0 spiro atoms. The zero-order chi connectivity index (χ0) is 14.1. The van der Waals surface area contributed by atoms with Crippen LogP contribution in [0, 0.1) is 11.3 Å². The Hall–Kier alpha value is -1.98. The van der Waals surface area contributed by atoms with Gasteiger partial charge < -0.3 is 9.84 Å². The second-order valence-corrected chi connectivity index (χ2v) is 4.45. The maximum absolute atomic E-state index is 13.0. The van der Waals surface area contributed by atoms with Gasteiger partial charge in [0.05, 0.1) is 6.61 Å². The molecule has 0 aromatic carbocycles. The number of halogens is 1. The number of alkyl halides is 1. The summed E-state index contributed by atoms with van der Waals surface area (Å²) in [4.78, 5) is 24.7. The Morgan fingerprint density at radius 1 is 1.58 bits per heavy atom. The standard InChI is InChI=1S/C11H12FN3O4/c12-5-10(7-16)2-3-11(6-13,19-10)15-4-1-8(17)14-9(15)18/h1,4,16H,2-3,5,7H2,(H,14,17,18)/t10-,11+/m1/s1. The number of aromatic nitrogens is 2. The van der Waals surface area contributed by atoms with E-state index in [1.54, 1.807) is 0 Å². The van der Waals surface area contributed by atoms with Crippen molar-refractivity contribution in [1.29, 1.82) is 5.26 Å². The fourth-order valence-electron chi connectivity index (χ4n) is 2.11. The molecular formula is C11H12FN3O4. The maximum Gasteiger partial charge on any atom is 0.331 e. The first kappa shape index (κ1) is 13.5. The van der Waals surface area contributed by atoms with E-state index < -0.39 is 35.9 Å². The summed E-state index contributed by atoms with van der Waals surface area (Å²) in [6, 6.07) is 2.89. The van der Waals surface area contributed by atoms with E-state index in [4.69, 9.17) is 4.74 Å². The molecule has 7 nitrogen and oxygen atoms in total. The summed E-state index contributed by atoms with van der Waals surface area (Å²) < 4.78 is 19.2. The van der Waals surface area contributed by atoms with Crippen LogP contribution in [0.15, 0.2) is 21.9 Å². The van der Waals surface area contributed by atoms with Gasteiger partial charge in [-0.2, -0.15) is 5.26 Å². The van der Waals surface area contributed by atoms with Gasteiger partial charge in [-0.3, -0.25) is 14.3 Å². The summed E-state index contributed by atoms with van der Waals surface area (Å²) in [5.41, 5.74) is -4.62. The summed E-state index contributed by atoms with van der Waals surface area (Å²) in [7, 11) is 0. The first-order chi connectivity index (χ1) is 9.01. The van der Waals surface area contributed by atoms with Gasteiger partial charge in [0.2, 0.25) is 5.72 Å². The Morgan fingerprint density at radius 3 is 2.79 bits per heavy atom. The van der Waals surface area contributed by atoms with Gasteiger partial charge in [0, 0.05) is 18.7 Å². The summed E-state index contributed by atoms with van der Waals surface area (Å²) >= 11 is 0. The smallest absolute Gasteiger partial charge is 0.331 e. The predicted octanol–water partition coefficient (Wildman–Crippen LogP) is -0.776. The molecule has 1 saturated heterocycles. The van der Waals surface area contributed by atoms with Crippen LogP contribution in [-0.4, -0.2) is 33.5 Å². The van der Waals surface area contributed by atoms with Crippen LogP contribution in [-0.2, 0) is 10.5 Å². The lowest BCUT2D eigenvalue weighted by molar-refractivity contribution is -0.144. The van der Waals surface area contributed by atoms with E-state index in [0.29, 0.717) is 0 Å². The molecule has 1 aliphatic rings. The molecule has 1 fully saturated rings.